The lowest BCUT2D eigenvalue weighted by Gasteiger charge is -2.42. The van der Waals surface area contributed by atoms with Crippen molar-refractivity contribution in [2.45, 2.75) is 19.3 Å². The Morgan fingerprint density at radius 2 is 1.51 bits per heavy atom. The highest BCUT2D eigenvalue weighted by Gasteiger charge is 2.37. The van der Waals surface area contributed by atoms with Crippen LogP contribution in [-0.4, -0.2) is 13.6 Å². The van der Waals surface area contributed by atoms with Gasteiger partial charge in [-0.2, -0.15) is 10.5 Å². The van der Waals surface area contributed by atoms with Crippen molar-refractivity contribution in [2.24, 2.45) is 0 Å². The third-order valence-corrected chi connectivity index (χ3v) is 7.62. The molecule has 0 amide bonds. The summed E-state index contributed by atoms with van der Waals surface area (Å²) in [5.74, 6) is -0.247. The minimum absolute atomic E-state index is 0.0967. The Bertz CT molecular complexity index is 1820. The van der Waals surface area contributed by atoms with Gasteiger partial charge in [-0.25, -0.2) is 0 Å². The van der Waals surface area contributed by atoms with Crippen LogP contribution in [0.1, 0.15) is 46.5 Å². The molecule has 5 heteroatoms. The van der Waals surface area contributed by atoms with E-state index in [9.17, 15) is 15.3 Å². The van der Waals surface area contributed by atoms with Crippen LogP contribution in [0.25, 0.3) is 11.6 Å². The van der Waals surface area contributed by atoms with Crippen LogP contribution in [0, 0.1) is 22.7 Å². The summed E-state index contributed by atoms with van der Waals surface area (Å²) in [5.41, 5.74) is 8.05. The van der Waals surface area contributed by atoms with Gasteiger partial charge in [0, 0.05) is 27.8 Å². The molecule has 2 radical (unpaired) electrons. The fraction of sp³-hybridized carbons (Fsp3) is 0.0882. The summed E-state index contributed by atoms with van der Waals surface area (Å²) in [7, 11) is 5.96. The Morgan fingerprint density at radius 1 is 0.821 bits per heavy atom. The summed E-state index contributed by atoms with van der Waals surface area (Å²) >= 11 is 0. The molecule has 0 saturated carbocycles. The number of hydrogen-bond donors (Lipinski definition) is 0. The maximum Gasteiger partial charge on any atom is 0.194 e. The highest BCUT2D eigenvalue weighted by atomic mass is 16.1. The van der Waals surface area contributed by atoms with Crippen LogP contribution >= 0.6 is 0 Å². The van der Waals surface area contributed by atoms with Crippen LogP contribution in [0.15, 0.2) is 102 Å². The number of hydrogen-bond acceptors (Lipinski definition) is 4. The second kappa shape index (κ2) is 9.01. The molecule has 6 rings (SSSR count). The molecule has 0 atom stereocenters. The number of nitriles is 2. The van der Waals surface area contributed by atoms with Crippen LogP contribution in [0.5, 0.6) is 0 Å². The first-order valence-corrected chi connectivity index (χ1v) is 12.7. The monoisotopic (exact) mass is 499 g/mol. The van der Waals surface area contributed by atoms with E-state index in [2.05, 4.69) is 67.3 Å². The van der Waals surface area contributed by atoms with Crippen molar-refractivity contribution in [2.75, 3.05) is 4.90 Å². The van der Waals surface area contributed by atoms with E-state index in [1.165, 1.54) is 5.56 Å². The summed E-state index contributed by atoms with van der Waals surface area (Å²) in [6, 6.07) is 33.8. The molecule has 0 saturated heterocycles. The van der Waals surface area contributed by atoms with Crippen LogP contribution in [0.4, 0.5) is 17.1 Å². The molecule has 0 spiro atoms. The molecule has 1 aliphatic carbocycles. The SMILES string of the molecule is [B]c1ccc2c(c1)C(=O)/C(=C\c1ccc3c(c1)C(C)(C)c1ccccc1N3c1ccccc1)C2=C(C#N)C#N. The number of carbonyl (C=O) groups is 1. The maximum absolute atomic E-state index is 13.5. The third-order valence-electron chi connectivity index (χ3n) is 7.62. The average Bonchev–Trinajstić information content (AvgIpc) is 3.21. The summed E-state index contributed by atoms with van der Waals surface area (Å²) in [6.07, 6.45) is 1.78. The van der Waals surface area contributed by atoms with E-state index in [0.29, 0.717) is 27.7 Å². The molecule has 0 unspecified atom stereocenters. The van der Waals surface area contributed by atoms with Crippen molar-refractivity contribution in [3.05, 3.63) is 130 Å². The number of allylic oxidation sites excluding steroid dienone is 3. The summed E-state index contributed by atoms with van der Waals surface area (Å²) in [6.45, 7) is 4.41. The minimum atomic E-state index is -0.314. The molecular formula is C34H22BN3O. The number of carbonyl (C=O) groups excluding carboxylic acids is 1. The Balaban J connectivity index is 1.56. The van der Waals surface area contributed by atoms with Gasteiger partial charge in [0.25, 0.3) is 0 Å². The number of rotatable bonds is 2. The molecule has 2 aliphatic rings. The molecular weight excluding hydrogens is 477 g/mol. The van der Waals surface area contributed by atoms with Crippen LogP contribution in [0.3, 0.4) is 0 Å². The second-order valence-corrected chi connectivity index (χ2v) is 10.3. The summed E-state index contributed by atoms with van der Waals surface area (Å²) in [4.78, 5) is 15.8. The standard InChI is InChI=1S/C34H22BN3O/c1-34(2)28-10-6-7-11-30(28)38(24-8-4-3-5-9-24)31-15-12-21(17-29(31)34)16-27-32(22(19-36)20-37)25-14-13-23(35)18-26(25)33(27)39/h3-18H,1-2H3/b27-16-. The zero-order valence-electron chi connectivity index (χ0n) is 21.6. The van der Waals surface area contributed by atoms with Gasteiger partial charge in [-0.15, -0.1) is 0 Å². The van der Waals surface area contributed by atoms with E-state index >= 15 is 0 Å². The van der Waals surface area contributed by atoms with Gasteiger partial charge in [0.2, 0.25) is 0 Å². The van der Waals surface area contributed by atoms with Crippen molar-refractivity contribution in [3.63, 3.8) is 0 Å². The van der Waals surface area contributed by atoms with Crippen molar-refractivity contribution < 1.29 is 4.79 Å². The van der Waals surface area contributed by atoms with Crippen LogP contribution in [0.2, 0.25) is 0 Å². The van der Waals surface area contributed by atoms with Crippen molar-refractivity contribution in [1.82, 2.24) is 0 Å². The van der Waals surface area contributed by atoms with Crippen LogP contribution in [-0.2, 0) is 5.41 Å². The lowest BCUT2D eigenvalue weighted by molar-refractivity contribution is 0.104. The smallest absolute Gasteiger partial charge is 0.194 e. The Labute approximate surface area is 229 Å². The molecule has 0 fully saturated rings. The summed E-state index contributed by atoms with van der Waals surface area (Å²) in [5, 5.41) is 19.4. The normalized spacial score (nSPS) is 15.7. The van der Waals surface area contributed by atoms with Gasteiger partial charge in [0.05, 0.1) is 11.4 Å². The molecule has 1 heterocycles. The number of nitrogens with zero attached hydrogens (tertiary/aromatic N) is 3. The van der Waals surface area contributed by atoms with Gasteiger partial charge in [-0.3, -0.25) is 4.79 Å². The number of ketones is 1. The van der Waals surface area contributed by atoms with E-state index in [1.807, 2.05) is 36.4 Å². The van der Waals surface area contributed by atoms with Gasteiger partial charge in [0.15, 0.2) is 5.78 Å². The number of para-hydroxylation sites is 2. The number of benzene rings is 4. The lowest BCUT2D eigenvalue weighted by Crippen LogP contribution is -2.30. The van der Waals surface area contributed by atoms with E-state index in [-0.39, 0.29) is 16.8 Å². The Morgan fingerprint density at radius 3 is 2.26 bits per heavy atom. The molecule has 4 aromatic rings. The number of fused-ring (bicyclic) bond motifs is 3. The zero-order valence-corrected chi connectivity index (χ0v) is 21.6. The van der Waals surface area contributed by atoms with Crippen LogP contribution < -0.4 is 10.4 Å². The first kappa shape index (κ1) is 24.2. The molecule has 39 heavy (non-hydrogen) atoms. The van der Waals surface area contributed by atoms with E-state index < -0.39 is 0 Å². The molecule has 0 N–H and O–H groups in total. The van der Waals surface area contributed by atoms with E-state index in [4.69, 9.17) is 7.85 Å². The van der Waals surface area contributed by atoms with Crippen molar-refractivity contribution in [3.8, 4) is 12.1 Å². The molecule has 1 aliphatic heterocycles. The fourth-order valence-electron chi connectivity index (χ4n) is 5.75. The van der Waals surface area contributed by atoms with E-state index in [0.717, 1.165) is 28.2 Å². The number of anilines is 3. The predicted molar refractivity (Wildman–Crippen MR) is 156 cm³/mol. The molecule has 182 valence electrons. The Hall–Kier alpha value is -5.13. The zero-order chi connectivity index (χ0) is 27.3. The highest BCUT2D eigenvalue weighted by Crippen LogP contribution is 2.52. The minimum Gasteiger partial charge on any atom is -0.310 e. The first-order valence-electron chi connectivity index (χ1n) is 12.7. The van der Waals surface area contributed by atoms with Crippen molar-refractivity contribution in [1.29, 1.82) is 10.5 Å². The van der Waals surface area contributed by atoms with Crippen molar-refractivity contribution >= 4 is 47.8 Å². The van der Waals surface area contributed by atoms with Gasteiger partial charge >= 0.3 is 0 Å². The Kier molecular flexibility index (Phi) is 5.60. The third kappa shape index (κ3) is 3.71. The molecule has 0 bridgehead atoms. The second-order valence-electron chi connectivity index (χ2n) is 10.3. The molecule has 4 nitrogen and oxygen atoms in total. The molecule has 4 aromatic carbocycles. The van der Waals surface area contributed by atoms with Gasteiger partial charge in [-0.1, -0.05) is 80.0 Å². The largest absolute Gasteiger partial charge is 0.310 e. The average molecular weight is 499 g/mol. The fourth-order valence-corrected chi connectivity index (χ4v) is 5.75. The summed E-state index contributed by atoms with van der Waals surface area (Å²) < 4.78 is 0. The highest BCUT2D eigenvalue weighted by molar-refractivity contribution is 6.35. The molecule has 0 aromatic heterocycles. The number of Topliss-reactive ketones (excluding diaryl/α,β-unsaturated/α-hetero) is 1. The maximum atomic E-state index is 13.5. The van der Waals surface area contributed by atoms with E-state index in [1.54, 1.807) is 24.3 Å². The quantitative estimate of drug-likeness (QED) is 0.176. The van der Waals surface area contributed by atoms with Gasteiger partial charge in [-0.05, 0) is 58.7 Å². The van der Waals surface area contributed by atoms with Gasteiger partial charge in [0.1, 0.15) is 25.6 Å². The lowest BCUT2D eigenvalue weighted by atomic mass is 9.73. The van der Waals surface area contributed by atoms with Gasteiger partial charge < -0.3 is 4.90 Å². The first-order chi connectivity index (χ1) is 18.8. The topological polar surface area (TPSA) is 67.9 Å². The predicted octanol–water partition coefficient (Wildman–Crippen LogP) is 6.67.